The van der Waals surface area contributed by atoms with Gasteiger partial charge in [0.25, 0.3) is 5.91 Å². The lowest BCUT2D eigenvalue weighted by atomic mass is 10.1. The Balaban J connectivity index is 1.36. The number of nitrogens with one attached hydrogen (secondary N) is 2. The number of nitrogens with zero attached hydrogens (tertiary/aromatic N) is 1. The number of carbonyl (C=O) groups is 2. The van der Waals surface area contributed by atoms with Crippen LogP contribution in [0.5, 0.6) is 11.5 Å². The zero-order chi connectivity index (χ0) is 18.6. The molecule has 0 unspecified atom stereocenters. The van der Waals surface area contributed by atoms with Gasteiger partial charge in [-0.2, -0.15) is 0 Å². The first-order chi connectivity index (χ1) is 13.2. The molecule has 0 spiro atoms. The molecule has 27 heavy (non-hydrogen) atoms. The average molecular weight is 385 g/mol. The number of fused-ring (bicyclic) bond motifs is 1. The Morgan fingerprint density at radius 3 is 2.81 bits per heavy atom. The molecule has 0 atom stereocenters. The van der Waals surface area contributed by atoms with E-state index in [0.717, 1.165) is 5.56 Å². The maximum atomic E-state index is 12.0. The van der Waals surface area contributed by atoms with Gasteiger partial charge in [0.15, 0.2) is 22.4 Å². The summed E-state index contributed by atoms with van der Waals surface area (Å²) >= 11 is 1.30. The fourth-order valence-electron chi connectivity index (χ4n) is 2.49. The van der Waals surface area contributed by atoms with Crippen LogP contribution in [-0.4, -0.2) is 36.6 Å². The van der Waals surface area contributed by atoms with Crippen LogP contribution in [0.25, 0.3) is 11.3 Å². The van der Waals surface area contributed by atoms with Crippen LogP contribution in [0.3, 0.4) is 0 Å². The molecule has 0 saturated carbocycles. The van der Waals surface area contributed by atoms with Crippen molar-refractivity contribution in [1.82, 2.24) is 10.3 Å². The van der Waals surface area contributed by atoms with E-state index in [1.165, 1.54) is 23.7 Å². The van der Waals surface area contributed by atoms with Gasteiger partial charge in [-0.15, -0.1) is 11.3 Å². The second-order valence-corrected chi connectivity index (χ2v) is 6.46. The molecule has 3 aromatic rings. The number of benzene rings is 1. The zero-order valence-corrected chi connectivity index (χ0v) is 14.9. The van der Waals surface area contributed by atoms with Crippen LogP contribution >= 0.6 is 11.3 Å². The van der Waals surface area contributed by atoms with E-state index in [0.29, 0.717) is 35.5 Å². The molecule has 4 rings (SSSR count). The van der Waals surface area contributed by atoms with Crippen LogP contribution in [0.1, 0.15) is 10.6 Å². The lowest BCUT2D eigenvalue weighted by Gasteiger charge is -2.18. The van der Waals surface area contributed by atoms with E-state index >= 15 is 0 Å². The number of carbonyl (C=O) groups excluding carboxylic acids is 2. The number of amides is 2. The number of thiazole rings is 1. The molecule has 3 heterocycles. The lowest BCUT2D eigenvalue weighted by Crippen LogP contribution is -2.32. The molecule has 0 bridgehead atoms. The van der Waals surface area contributed by atoms with Gasteiger partial charge in [-0.25, -0.2) is 4.98 Å². The molecular weight excluding hydrogens is 370 g/mol. The summed E-state index contributed by atoms with van der Waals surface area (Å²) in [5.41, 5.74) is 1.58. The molecule has 0 radical (unpaired) electrons. The maximum absolute atomic E-state index is 12.0. The van der Waals surface area contributed by atoms with Crippen molar-refractivity contribution in [3.05, 3.63) is 47.7 Å². The summed E-state index contributed by atoms with van der Waals surface area (Å²) < 4.78 is 16.0. The van der Waals surface area contributed by atoms with Crippen molar-refractivity contribution >= 4 is 28.3 Å². The third-order valence-electron chi connectivity index (χ3n) is 3.74. The summed E-state index contributed by atoms with van der Waals surface area (Å²) in [6, 6.07) is 8.71. The SMILES string of the molecule is O=C(CNC(=O)c1ccco1)Nc1nc(-c2ccc3c(c2)OCCO3)cs1. The second-order valence-electron chi connectivity index (χ2n) is 5.60. The van der Waals surface area contributed by atoms with E-state index in [-0.39, 0.29) is 18.2 Å². The number of aromatic nitrogens is 1. The monoisotopic (exact) mass is 385 g/mol. The molecule has 1 aromatic carbocycles. The first-order valence-corrected chi connectivity index (χ1v) is 9.04. The van der Waals surface area contributed by atoms with E-state index in [1.54, 1.807) is 6.07 Å². The van der Waals surface area contributed by atoms with Crippen LogP contribution < -0.4 is 20.1 Å². The van der Waals surface area contributed by atoms with Crippen LogP contribution in [0, 0.1) is 0 Å². The maximum Gasteiger partial charge on any atom is 0.287 e. The smallest absolute Gasteiger partial charge is 0.287 e. The average Bonchev–Trinajstić information content (AvgIpc) is 3.38. The lowest BCUT2D eigenvalue weighted by molar-refractivity contribution is -0.115. The Morgan fingerprint density at radius 2 is 2.00 bits per heavy atom. The Hall–Kier alpha value is -3.33. The molecule has 0 fully saturated rings. The van der Waals surface area contributed by atoms with Gasteiger partial charge in [0.1, 0.15) is 13.2 Å². The highest BCUT2D eigenvalue weighted by Crippen LogP contribution is 2.35. The predicted molar refractivity (Wildman–Crippen MR) is 98.2 cm³/mol. The first-order valence-electron chi connectivity index (χ1n) is 8.16. The third-order valence-corrected chi connectivity index (χ3v) is 4.50. The fraction of sp³-hybridized carbons (Fsp3) is 0.167. The molecule has 1 aliphatic heterocycles. The van der Waals surface area contributed by atoms with Crippen molar-refractivity contribution in [2.45, 2.75) is 0 Å². The standard InChI is InChI=1S/C18H15N3O5S/c22-16(9-19-17(23)14-2-1-5-24-14)21-18-20-12(10-27-18)11-3-4-13-15(8-11)26-7-6-25-13/h1-5,8,10H,6-7,9H2,(H,19,23)(H,20,21,22). The van der Waals surface area contributed by atoms with Crippen molar-refractivity contribution in [3.63, 3.8) is 0 Å². The van der Waals surface area contributed by atoms with Gasteiger partial charge in [0.05, 0.1) is 18.5 Å². The fourth-order valence-corrected chi connectivity index (χ4v) is 3.22. The molecule has 9 heteroatoms. The Labute approximate surface area is 158 Å². The highest BCUT2D eigenvalue weighted by molar-refractivity contribution is 7.14. The molecule has 2 N–H and O–H groups in total. The van der Waals surface area contributed by atoms with Gasteiger partial charge in [0, 0.05) is 10.9 Å². The van der Waals surface area contributed by atoms with Crippen LogP contribution in [-0.2, 0) is 4.79 Å². The summed E-state index contributed by atoms with van der Waals surface area (Å²) in [5, 5.41) is 7.42. The second kappa shape index (κ2) is 7.50. The number of furan rings is 1. The topological polar surface area (TPSA) is 103 Å². The van der Waals surface area contributed by atoms with Gasteiger partial charge in [-0.1, -0.05) is 0 Å². The molecule has 0 saturated heterocycles. The molecule has 8 nitrogen and oxygen atoms in total. The van der Waals surface area contributed by atoms with Gasteiger partial charge in [-0.05, 0) is 30.3 Å². The molecule has 0 aliphatic carbocycles. The molecular formula is C18H15N3O5S. The zero-order valence-electron chi connectivity index (χ0n) is 14.1. The van der Waals surface area contributed by atoms with Crippen molar-refractivity contribution < 1.29 is 23.5 Å². The summed E-state index contributed by atoms with van der Waals surface area (Å²) in [7, 11) is 0. The highest BCUT2D eigenvalue weighted by Gasteiger charge is 2.15. The number of ether oxygens (including phenoxy) is 2. The summed E-state index contributed by atoms with van der Waals surface area (Å²) in [6.45, 7) is 0.868. The van der Waals surface area contributed by atoms with E-state index in [2.05, 4.69) is 15.6 Å². The third kappa shape index (κ3) is 3.93. The Bertz CT molecular complexity index is 967. The van der Waals surface area contributed by atoms with Crippen LogP contribution in [0.2, 0.25) is 0 Å². The van der Waals surface area contributed by atoms with Gasteiger partial charge in [-0.3, -0.25) is 9.59 Å². The number of anilines is 1. The number of hydrogen-bond donors (Lipinski definition) is 2. The van der Waals surface area contributed by atoms with Crippen molar-refractivity contribution in [1.29, 1.82) is 0 Å². The van der Waals surface area contributed by atoms with Crippen molar-refractivity contribution in [3.8, 4) is 22.8 Å². The highest BCUT2D eigenvalue weighted by atomic mass is 32.1. The minimum absolute atomic E-state index is 0.151. The molecule has 1 aliphatic rings. The normalized spacial score (nSPS) is 12.4. The van der Waals surface area contributed by atoms with E-state index in [1.807, 2.05) is 23.6 Å². The van der Waals surface area contributed by atoms with Gasteiger partial charge >= 0.3 is 0 Å². The Morgan fingerprint density at radius 1 is 1.15 bits per heavy atom. The molecule has 2 aromatic heterocycles. The summed E-state index contributed by atoms with van der Waals surface area (Å²) in [5.74, 6) is 0.709. The largest absolute Gasteiger partial charge is 0.486 e. The Kier molecular flexibility index (Phi) is 4.75. The van der Waals surface area contributed by atoms with E-state index in [4.69, 9.17) is 13.9 Å². The van der Waals surface area contributed by atoms with Gasteiger partial charge < -0.3 is 24.5 Å². The number of rotatable bonds is 5. The van der Waals surface area contributed by atoms with Crippen LogP contribution in [0.15, 0.2) is 46.4 Å². The minimum Gasteiger partial charge on any atom is -0.486 e. The van der Waals surface area contributed by atoms with Crippen molar-refractivity contribution in [2.24, 2.45) is 0 Å². The van der Waals surface area contributed by atoms with Crippen molar-refractivity contribution in [2.75, 3.05) is 25.1 Å². The first kappa shape index (κ1) is 17.1. The molecule has 138 valence electrons. The number of hydrogen-bond acceptors (Lipinski definition) is 7. The van der Waals surface area contributed by atoms with E-state index < -0.39 is 5.91 Å². The van der Waals surface area contributed by atoms with Gasteiger partial charge in [0.2, 0.25) is 5.91 Å². The predicted octanol–water partition coefficient (Wildman–Crippen LogP) is 2.54. The summed E-state index contributed by atoms with van der Waals surface area (Å²) in [4.78, 5) is 28.2. The minimum atomic E-state index is -0.453. The molecule has 2 amide bonds. The quantitative estimate of drug-likeness (QED) is 0.700. The van der Waals surface area contributed by atoms with Crippen LogP contribution in [0.4, 0.5) is 5.13 Å². The summed E-state index contributed by atoms with van der Waals surface area (Å²) in [6.07, 6.45) is 1.39. The van der Waals surface area contributed by atoms with E-state index in [9.17, 15) is 9.59 Å².